The van der Waals surface area contributed by atoms with Gasteiger partial charge in [0.1, 0.15) is 12.4 Å². The largest absolute Gasteiger partial charge is 0.486 e. The van der Waals surface area contributed by atoms with E-state index in [1.807, 2.05) is 30.3 Å². The van der Waals surface area contributed by atoms with E-state index in [4.69, 9.17) is 16.3 Å². The molecule has 2 aromatic carbocycles. The normalized spacial score (nSPS) is 13.2. The van der Waals surface area contributed by atoms with Gasteiger partial charge < -0.3 is 4.74 Å². The Morgan fingerprint density at radius 2 is 1.72 bits per heavy atom. The number of thioether (sulfide) groups is 1. The number of halogens is 1. The fraction of sp³-hybridized carbons (Fsp3) is 0.217. The molecule has 1 aromatic heterocycles. The fourth-order valence-electron chi connectivity index (χ4n) is 3.25. The van der Waals surface area contributed by atoms with Gasteiger partial charge in [0, 0.05) is 23.4 Å². The van der Waals surface area contributed by atoms with Crippen molar-refractivity contribution in [2.45, 2.75) is 38.5 Å². The van der Waals surface area contributed by atoms with Crippen molar-refractivity contribution in [1.29, 1.82) is 0 Å². The van der Waals surface area contributed by atoms with Crippen LogP contribution >= 0.6 is 23.4 Å². The zero-order valence-corrected chi connectivity index (χ0v) is 19.2. The Morgan fingerprint density at radius 3 is 2.38 bits per heavy atom. The summed E-state index contributed by atoms with van der Waals surface area (Å²) in [5.74, 6) is 0.855. The van der Waals surface area contributed by atoms with Crippen LogP contribution in [0.4, 0.5) is 0 Å². The highest BCUT2D eigenvalue weighted by atomic mass is 35.5. The SMILES string of the molecule is CCC(=O)C1=C(c2ccc(Cl)cc2)N(C(=O)CC)n2c(COc3ccccc3)nnc2S1. The lowest BCUT2D eigenvalue weighted by atomic mass is 10.1. The summed E-state index contributed by atoms with van der Waals surface area (Å²) in [7, 11) is 0. The molecule has 7 nitrogen and oxygen atoms in total. The van der Waals surface area contributed by atoms with E-state index in [1.165, 1.54) is 16.8 Å². The maximum Gasteiger partial charge on any atom is 0.246 e. The fourth-order valence-corrected chi connectivity index (χ4v) is 4.47. The number of nitrogens with zero attached hydrogens (tertiary/aromatic N) is 4. The third kappa shape index (κ3) is 4.28. The van der Waals surface area contributed by atoms with Crippen LogP contribution in [0.15, 0.2) is 64.7 Å². The number of ether oxygens (including phenoxy) is 1. The predicted molar refractivity (Wildman–Crippen MR) is 124 cm³/mol. The van der Waals surface area contributed by atoms with Gasteiger partial charge in [-0.25, -0.2) is 9.69 Å². The van der Waals surface area contributed by atoms with Crippen LogP contribution in [0.25, 0.3) is 5.70 Å². The van der Waals surface area contributed by atoms with E-state index in [9.17, 15) is 9.59 Å². The van der Waals surface area contributed by atoms with Gasteiger partial charge in [-0.3, -0.25) is 9.59 Å². The summed E-state index contributed by atoms with van der Waals surface area (Å²) in [6.07, 6.45) is 0.525. The van der Waals surface area contributed by atoms with Crippen LogP contribution in [0.2, 0.25) is 5.02 Å². The van der Waals surface area contributed by atoms with Crippen molar-refractivity contribution in [3.05, 3.63) is 75.9 Å². The summed E-state index contributed by atoms with van der Waals surface area (Å²) in [5, 5.41) is 11.0. The molecule has 0 aliphatic carbocycles. The van der Waals surface area contributed by atoms with E-state index in [-0.39, 0.29) is 24.7 Å². The van der Waals surface area contributed by atoms with Gasteiger partial charge in [-0.1, -0.05) is 55.8 Å². The maximum absolute atomic E-state index is 13.2. The summed E-state index contributed by atoms with van der Waals surface area (Å²) in [4.78, 5) is 26.5. The maximum atomic E-state index is 13.2. The predicted octanol–water partition coefficient (Wildman–Crippen LogP) is 4.84. The molecular formula is C23H21ClN4O3S. The Hall–Kier alpha value is -3.10. The molecule has 0 unspecified atom stereocenters. The standard InChI is InChI=1S/C23H21ClN4O3S/c1-3-18(29)22-21(15-10-12-16(24)13-11-15)28(20(30)4-2)27-19(25-26-23(27)32-22)14-31-17-8-6-5-7-9-17/h5-13H,3-4,14H2,1-2H3. The van der Waals surface area contributed by atoms with E-state index in [1.54, 1.807) is 42.8 Å². The lowest BCUT2D eigenvalue weighted by molar-refractivity contribution is -0.119. The number of ketones is 1. The highest BCUT2D eigenvalue weighted by molar-refractivity contribution is 8.04. The molecule has 0 saturated carbocycles. The van der Waals surface area contributed by atoms with E-state index in [0.717, 1.165) is 0 Å². The number of Topliss-reactive ketones (excluding diaryl/α,β-unsaturated/α-hetero) is 1. The number of benzene rings is 2. The second kappa shape index (κ2) is 9.58. The molecule has 0 bridgehead atoms. The van der Waals surface area contributed by atoms with Gasteiger partial charge in [-0.15, -0.1) is 10.2 Å². The molecule has 0 N–H and O–H groups in total. The van der Waals surface area contributed by atoms with Gasteiger partial charge in [0.2, 0.25) is 11.1 Å². The van der Waals surface area contributed by atoms with Crippen molar-refractivity contribution in [2.24, 2.45) is 0 Å². The number of para-hydroxylation sites is 1. The van der Waals surface area contributed by atoms with Crippen LogP contribution in [0.3, 0.4) is 0 Å². The van der Waals surface area contributed by atoms with Crippen molar-refractivity contribution in [3.8, 4) is 5.75 Å². The molecule has 0 saturated heterocycles. The van der Waals surface area contributed by atoms with Crippen molar-refractivity contribution in [2.75, 3.05) is 5.01 Å². The van der Waals surface area contributed by atoms with Gasteiger partial charge in [-0.05, 0) is 36.0 Å². The smallest absolute Gasteiger partial charge is 0.246 e. The van der Waals surface area contributed by atoms with Crippen molar-refractivity contribution in [1.82, 2.24) is 14.9 Å². The first-order valence-electron chi connectivity index (χ1n) is 10.2. The van der Waals surface area contributed by atoms with Crippen LogP contribution in [0.1, 0.15) is 38.1 Å². The highest BCUT2D eigenvalue weighted by Crippen LogP contribution is 2.40. The van der Waals surface area contributed by atoms with Gasteiger partial charge in [0.05, 0.1) is 10.6 Å². The van der Waals surface area contributed by atoms with Crippen LogP contribution in [0, 0.1) is 0 Å². The van der Waals surface area contributed by atoms with E-state index in [2.05, 4.69) is 10.2 Å². The Labute approximate surface area is 195 Å². The van der Waals surface area contributed by atoms with Crippen LogP contribution < -0.4 is 9.75 Å². The molecule has 0 radical (unpaired) electrons. The summed E-state index contributed by atoms with van der Waals surface area (Å²) in [6.45, 7) is 3.67. The Balaban J connectivity index is 1.82. The number of carbonyl (C=O) groups is 2. The van der Waals surface area contributed by atoms with Crippen LogP contribution in [-0.4, -0.2) is 26.6 Å². The van der Waals surface area contributed by atoms with Crippen molar-refractivity contribution >= 4 is 40.8 Å². The Morgan fingerprint density at radius 1 is 1.00 bits per heavy atom. The first-order valence-corrected chi connectivity index (χ1v) is 11.4. The molecule has 9 heteroatoms. The second-order valence-electron chi connectivity index (χ2n) is 6.93. The number of rotatable bonds is 7. The van der Waals surface area contributed by atoms with Crippen molar-refractivity contribution < 1.29 is 14.3 Å². The Bertz CT molecular complexity index is 1180. The lowest BCUT2D eigenvalue weighted by Gasteiger charge is -2.33. The molecule has 32 heavy (non-hydrogen) atoms. The van der Waals surface area contributed by atoms with Crippen molar-refractivity contribution in [3.63, 3.8) is 0 Å². The topological polar surface area (TPSA) is 77.3 Å². The summed E-state index contributed by atoms with van der Waals surface area (Å²) < 4.78 is 7.49. The zero-order chi connectivity index (χ0) is 22.7. The average molecular weight is 469 g/mol. The number of amides is 1. The van der Waals surface area contributed by atoms with E-state index >= 15 is 0 Å². The molecule has 0 atom stereocenters. The number of aromatic nitrogens is 3. The molecule has 164 valence electrons. The van der Waals surface area contributed by atoms with Gasteiger partial charge >= 0.3 is 0 Å². The molecular weight excluding hydrogens is 448 g/mol. The summed E-state index contributed by atoms with van der Waals surface area (Å²) >= 11 is 7.29. The number of hydrogen-bond donors (Lipinski definition) is 0. The Kier molecular flexibility index (Phi) is 6.62. The molecule has 0 spiro atoms. The first kappa shape index (κ1) is 22.1. The number of allylic oxidation sites excluding steroid dienone is 1. The van der Waals surface area contributed by atoms with Gasteiger partial charge in [0.25, 0.3) is 0 Å². The highest BCUT2D eigenvalue weighted by Gasteiger charge is 2.36. The molecule has 1 aliphatic rings. The molecule has 0 fully saturated rings. The molecule has 3 aromatic rings. The monoisotopic (exact) mass is 468 g/mol. The van der Waals surface area contributed by atoms with Crippen LogP contribution in [0.5, 0.6) is 5.75 Å². The number of fused-ring (bicyclic) bond motifs is 1. The van der Waals surface area contributed by atoms with E-state index < -0.39 is 0 Å². The third-order valence-electron chi connectivity index (χ3n) is 4.84. The third-order valence-corrected chi connectivity index (χ3v) is 6.15. The zero-order valence-electron chi connectivity index (χ0n) is 17.6. The molecule has 1 aliphatic heterocycles. The minimum atomic E-state index is -0.196. The van der Waals surface area contributed by atoms with Crippen LogP contribution in [-0.2, 0) is 16.2 Å². The van der Waals surface area contributed by atoms with Gasteiger partial charge in [-0.2, -0.15) is 0 Å². The first-order chi connectivity index (χ1) is 15.5. The minimum Gasteiger partial charge on any atom is -0.486 e. The molecule has 4 rings (SSSR count). The lowest BCUT2D eigenvalue weighted by Crippen LogP contribution is -2.43. The summed E-state index contributed by atoms with van der Waals surface area (Å²) in [5.41, 5.74) is 1.20. The summed E-state index contributed by atoms with van der Waals surface area (Å²) in [6, 6.07) is 16.4. The van der Waals surface area contributed by atoms with Gasteiger partial charge in [0.15, 0.2) is 11.6 Å². The van der Waals surface area contributed by atoms with E-state index in [0.29, 0.717) is 44.3 Å². The average Bonchev–Trinajstić information content (AvgIpc) is 3.24. The number of hydrogen-bond acceptors (Lipinski definition) is 6. The molecule has 2 heterocycles. The minimum absolute atomic E-state index is 0.0785. The quantitative estimate of drug-likeness (QED) is 0.493. The molecule has 1 amide bonds. The number of carbonyl (C=O) groups excluding carboxylic acids is 2. The second-order valence-corrected chi connectivity index (χ2v) is 8.35.